The summed E-state index contributed by atoms with van der Waals surface area (Å²) >= 11 is 0. The van der Waals surface area contributed by atoms with Crippen LogP contribution in [0.5, 0.6) is 5.75 Å². The van der Waals surface area contributed by atoms with Crippen molar-refractivity contribution in [2.45, 2.75) is 90.2 Å². The van der Waals surface area contributed by atoms with E-state index < -0.39 is 0 Å². The van der Waals surface area contributed by atoms with Crippen LogP contribution in [0.25, 0.3) is 0 Å². The van der Waals surface area contributed by atoms with Gasteiger partial charge in [0, 0.05) is 19.6 Å². The van der Waals surface area contributed by atoms with Crippen LogP contribution in [0, 0.1) is 6.92 Å². The van der Waals surface area contributed by atoms with E-state index in [0.717, 1.165) is 76.4 Å². The molecule has 0 bridgehead atoms. The van der Waals surface area contributed by atoms with Gasteiger partial charge >= 0.3 is 0 Å². The van der Waals surface area contributed by atoms with Crippen molar-refractivity contribution in [1.29, 1.82) is 0 Å². The van der Waals surface area contributed by atoms with Gasteiger partial charge in [0.25, 0.3) is 5.91 Å². The highest BCUT2D eigenvalue weighted by molar-refractivity contribution is 5.97. The average molecular weight is 491 g/mol. The molecule has 0 unspecified atom stereocenters. The van der Waals surface area contributed by atoms with Crippen LogP contribution in [0.2, 0.25) is 0 Å². The summed E-state index contributed by atoms with van der Waals surface area (Å²) in [4.78, 5) is 31.2. The van der Waals surface area contributed by atoms with Gasteiger partial charge in [-0.1, -0.05) is 67.6 Å². The topological polar surface area (TPSA) is 49.9 Å². The van der Waals surface area contributed by atoms with Crippen LogP contribution in [0.15, 0.2) is 48.5 Å². The van der Waals surface area contributed by atoms with E-state index in [4.69, 9.17) is 4.74 Å². The molecule has 2 aromatic carbocycles. The molecular formula is C31H42N2O3. The molecule has 5 nitrogen and oxygen atoms in total. The van der Waals surface area contributed by atoms with Gasteiger partial charge in [0.15, 0.2) is 0 Å². The minimum atomic E-state index is -0.102. The molecule has 0 radical (unpaired) electrons. The first-order valence-electron chi connectivity index (χ1n) is 14.0. The normalized spacial score (nSPS) is 22.0. The van der Waals surface area contributed by atoms with E-state index in [0.29, 0.717) is 24.3 Å². The number of para-hydroxylation sites is 1. The van der Waals surface area contributed by atoms with Gasteiger partial charge < -0.3 is 14.5 Å². The highest BCUT2D eigenvalue weighted by Crippen LogP contribution is 2.31. The summed E-state index contributed by atoms with van der Waals surface area (Å²) in [7, 11) is 0. The number of nitrogens with zero attached hydrogens (tertiary/aromatic N) is 2. The van der Waals surface area contributed by atoms with Crippen molar-refractivity contribution in [3.05, 3.63) is 65.2 Å². The van der Waals surface area contributed by atoms with Crippen molar-refractivity contribution in [2.75, 3.05) is 19.6 Å². The average Bonchev–Trinajstić information content (AvgIpc) is 2.90. The van der Waals surface area contributed by atoms with Crippen molar-refractivity contribution < 1.29 is 14.3 Å². The summed E-state index contributed by atoms with van der Waals surface area (Å²) in [5, 5.41) is 0. The number of carbonyl (C=O) groups is 2. The van der Waals surface area contributed by atoms with Crippen molar-refractivity contribution in [2.24, 2.45) is 0 Å². The molecule has 36 heavy (non-hydrogen) atoms. The van der Waals surface area contributed by atoms with E-state index in [1.165, 1.54) is 5.56 Å². The van der Waals surface area contributed by atoms with Crippen molar-refractivity contribution in [3.8, 4) is 5.75 Å². The minimum absolute atomic E-state index is 0.0345. The summed E-state index contributed by atoms with van der Waals surface area (Å²) in [5.41, 5.74) is 2.90. The first-order chi connectivity index (χ1) is 17.6. The van der Waals surface area contributed by atoms with Gasteiger partial charge in [-0.25, -0.2) is 0 Å². The second-order valence-corrected chi connectivity index (χ2v) is 10.4. The van der Waals surface area contributed by atoms with Gasteiger partial charge in [0.05, 0.1) is 18.0 Å². The molecule has 1 aliphatic carbocycles. The maximum absolute atomic E-state index is 13.7. The monoisotopic (exact) mass is 490 g/mol. The third-order valence-corrected chi connectivity index (χ3v) is 7.76. The molecule has 2 aliphatic rings. The van der Waals surface area contributed by atoms with E-state index in [-0.39, 0.29) is 24.0 Å². The standard InChI is InChI=1S/C31H42N2O3/c1-3-32-21-11-5-4-6-12-22-33(30(34)23-25-19-17-24(2)18-20-25)27-14-8-10-16-29(27)36-28-15-9-7-13-26(28)31(32)35/h7,9,13,15,17-20,27,29H,3-6,8,10-12,14,16,21-23H2,1-2H3/t27-,29+/m1/s1. The molecule has 0 aromatic heterocycles. The van der Waals surface area contributed by atoms with Gasteiger partial charge in [0.2, 0.25) is 5.91 Å². The van der Waals surface area contributed by atoms with Crippen LogP contribution in [0.3, 0.4) is 0 Å². The lowest BCUT2D eigenvalue weighted by atomic mass is 9.90. The summed E-state index contributed by atoms with van der Waals surface area (Å²) in [6, 6.07) is 16.0. The zero-order valence-electron chi connectivity index (χ0n) is 22.1. The van der Waals surface area contributed by atoms with Gasteiger partial charge in [-0.15, -0.1) is 0 Å². The molecule has 0 saturated heterocycles. The summed E-state index contributed by atoms with van der Waals surface area (Å²) in [6.45, 7) is 6.36. The first-order valence-corrected chi connectivity index (χ1v) is 14.0. The highest BCUT2D eigenvalue weighted by atomic mass is 16.5. The van der Waals surface area contributed by atoms with Crippen LogP contribution >= 0.6 is 0 Å². The predicted molar refractivity (Wildman–Crippen MR) is 144 cm³/mol. The second-order valence-electron chi connectivity index (χ2n) is 10.4. The number of amides is 2. The van der Waals surface area contributed by atoms with Crippen LogP contribution < -0.4 is 4.74 Å². The van der Waals surface area contributed by atoms with Crippen molar-refractivity contribution in [1.82, 2.24) is 9.80 Å². The number of benzene rings is 2. The largest absolute Gasteiger partial charge is 0.487 e. The lowest BCUT2D eigenvalue weighted by molar-refractivity contribution is -0.136. The van der Waals surface area contributed by atoms with Gasteiger partial charge in [-0.05, 0) is 63.6 Å². The van der Waals surface area contributed by atoms with E-state index in [2.05, 4.69) is 36.1 Å². The van der Waals surface area contributed by atoms with Crippen LogP contribution in [-0.4, -0.2) is 53.4 Å². The van der Waals surface area contributed by atoms with Crippen LogP contribution in [0.1, 0.15) is 86.2 Å². The molecule has 1 aliphatic heterocycles. The van der Waals surface area contributed by atoms with E-state index in [1.807, 2.05) is 36.1 Å². The predicted octanol–water partition coefficient (Wildman–Crippen LogP) is 6.18. The Morgan fingerprint density at radius 2 is 1.58 bits per heavy atom. The Balaban J connectivity index is 1.62. The number of ether oxygens (including phenoxy) is 1. The third kappa shape index (κ3) is 6.68. The van der Waals surface area contributed by atoms with Crippen LogP contribution in [-0.2, 0) is 11.2 Å². The number of hydrogen-bond acceptors (Lipinski definition) is 3. The van der Waals surface area contributed by atoms with E-state index >= 15 is 0 Å². The molecule has 2 aromatic rings. The second kappa shape index (κ2) is 12.9. The number of rotatable bonds is 3. The molecule has 1 fully saturated rings. The van der Waals surface area contributed by atoms with E-state index in [9.17, 15) is 9.59 Å². The summed E-state index contributed by atoms with van der Waals surface area (Å²) < 4.78 is 6.64. The fraction of sp³-hybridized carbons (Fsp3) is 0.548. The Bertz CT molecular complexity index is 1000. The number of aryl methyl sites for hydroxylation is 1. The minimum Gasteiger partial charge on any atom is -0.487 e. The lowest BCUT2D eigenvalue weighted by Gasteiger charge is -2.40. The summed E-state index contributed by atoms with van der Waals surface area (Å²) in [5.74, 6) is 0.881. The number of hydrogen-bond donors (Lipinski definition) is 0. The van der Waals surface area contributed by atoms with Gasteiger partial charge in [-0.3, -0.25) is 9.59 Å². The first kappa shape index (κ1) is 26.2. The highest BCUT2D eigenvalue weighted by Gasteiger charge is 2.35. The molecular weight excluding hydrogens is 448 g/mol. The number of fused-ring (bicyclic) bond motifs is 2. The molecule has 1 heterocycles. The lowest BCUT2D eigenvalue weighted by Crippen LogP contribution is -2.51. The van der Waals surface area contributed by atoms with Gasteiger partial charge in [-0.2, -0.15) is 0 Å². The molecule has 2 atom stereocenters. The Labute approximate surface area is 216 Å². The quantitative estimate of drug-likeness (QED) is 0.516. The molecule has 5 heteroatoms. The molecule has 0 spiro atoms. The molecule has 4 rings (SSSR count). The van der Waals surface area contributed by atoms with E-state index in [1.54, 1.807) is 0 Å². The fourth-order valence-electron chi connectivity index (χ4n) is 5.63. The SMILES string of the molecule is CCN1CCCCCCCN(C(=O)Cc2ccc(C)cc2)[C@@H]2CCCC[C@@H]2Oc2ccccc2C1=O. The maximum Gasteiger partial charge on any atom is 0.257 e. The number of carbonyl (C=O) groups excluding carboxylic acids is 2. The molecule has 1 saturated carbocycles. The molecule has 2 amide bonds. The van der Waals surface area contributed by atoms with Crippen molar-refractivity contribution >= 4 is 11.8 Å². The zero-order valence-corrected chi connectivity index (χ0v) is 22.1. The zero-order chi connectivity index (χ0) is 25.3. The molecule has 194 valence electrons. The Kier molecular flexibility index (Phi) is 9.43. The Morgan fingerprint density at radius 1 is 0.889 bits per heavy atom. The Hall–Kier alpha value is -2.82. The molecule has 0 N–H and O–H groups in total. The third-order valence-electron chi connectivity index (χ3n) is 7.76. The summed E-state index contributed by atoms with van der Waals surface area (Å²) in [6.07, 6.45) is 9.70. The van der Waals surface area contributed by atoms with Gasteiger partial charge in [0.1, 0.15) is 11.9 Å². The smallest absolute Gasteiger partial charge is 0.257 e. The van der Waals surface area contributed by atoms with Crippen molar-refractivity contribution in [3.63, 3.8) is 0 Å². The van der Waals surface area contributed by atoms with Crippen LogP contribution in [0.4, 0.5) is 0 Å². The fourth-order valence-corrected chi connectivity index (χ4v) is 5.63. The maximum atomic E-state index is 13.7. The Morgan fingerprint density at radius 3 is 2.36 bits per heavy atom.